The molecule has 1 N–H and O–H groups in total. The van der Waals surface area contributed by atoms with Crippen LogP contribution in [0.3, 0.4) is 0 Å². The summed E-state index contributed by atoms with van der Waals surface area (Å²) in [7, 11) is -3.68. The summed E-state index contributed by atoms with van der Waals surface area (Å²) in [5, 5.41) is 10.1. The van der Waals surface area contributed by atoms with E-state index in [1.165, 1.54) is 4.31 Å². The summed E-state index contributed by atoms with van der Waals surface area (Å²) in [4.78, 5) is 0.253. The summed E-state index contributed by atoms with van der Waals surface area (Å²) in [6, 6.07) is 13.8. The van der Waals surface area contributed by atoms with Crippen LogP contribution in [0.15, 0.2) is 53.4 Å². The Balaban J connectivity index is 1.89. The van der Waals surface area contributed by atoms with E-state index >= 15 is 0 Å². The molecule has 140 valence electrons. The molecule has 0 aromatic heterocycles. The van der Waals surface area contributed by atoms with Gasteiger partial charge in [-0.25, -0.2) is 8.42 Å². The molecule has 2 aromatic carbocycles. The average molecular weight is 396 g/mol. The lowest BCUT2D eigenvalue weighted by atomic mass is 10.1. The summed E-state index contributed by atoms with van der Waals surface area (Å²) >= 11 is 5.93. The first-order chi connectivity index (χ1) is 12.4. The number of hydrogen-bond acceptors (Lipinski definition) is 4. The second-order valence-corrected chi connectivity index (χ2v) is 8.84. The summed E-state index contributed by atoms with van der Waals surface area (Å²) in [6.07, 6.45) is -0.00266. The molecule has 1 aliphatic heterocycles. The molecule has 7 heteroatoms. The lowest BCUT2D eigenvalue weighted by molar-refractivity contribution is -0.0554. The number of aryl methyl sites for hydroxylation is 1. The van der Waals surface area contributed by atoms with Gasteiger partial charge >= 0.3 is 0 Å². The van der Waals surface area contributed by atoms with E-state index in [1.807, 2.05) is 19.1 Å². The van der Waals surface area contributed by atoms with Crippen LogP contribution in [0.2, 0.25) is 5.02 Å². The maximum Gasteiger partial charge on any atom is 0.243 e. The van der Waals surface area contributed by atoms with Gasteiger partial charge in [0.2, 0.25) is 10.0 Å². The van der Waals surface area contributed by atoms with Crippen molar-refractivity contribution in [2.24, 2.45) is 0 Å². The zero-order valence-corrected chi connectivity index (χ0v) is 16.1. The van der Waals surface area contributed by atoms with Crippen LogP contribution in [-0.4, -0.2) is 49.7 Å². The normalized spacial score (nSPS) is 21.7. The standard InChI is InChI=1S/C19H22ClNO4S/c1-14-2-8-19(9-3-14)26(23,24)21-11-18(12-22)25-13-17(21)10-15-4-6-16(20)7-5-15/h2-9,17-18,22H,10-13H2,1H3/t17?,18-/m1/s1. The van der Waals surface area contributed by atoms with Crippen LogP contribution < -0.4 is 0 Å². The summed E-state index contributed by atoms with van der Waals surface area (Å²) in [5.41, 5.74) is 1.98. The van der Waals surface area contributed by atoms with Gasteiger partial charge in [0, 0.05) is 11.6 Å². The van der Waals surface area contributed by atoms with Gasteiger partial charge in [-0.15, -0.1) is 0 Å². The van der Waals surface area contributed by atoms with E-state index in [0.29, 0.717) is 11.4 Å². The fourth-order valence-electron chi connectivity index (χ4n) is 3.04. The lowest BCUT2D eigenvalue weighted by Crippen LogP contribution is -2.53. The van der Waals surface area contributed by atoms with E-state index < -0.39 is 16.1 Å². The Morgan fingerprint density at radius 2 is 1.81 bits per heavy atom. The zero-order chi connectivity index (χ0) is 18.7. The molecular formula is C19H22ClNO4S. The van der Waals surface area contributed by atoms with Crippen molar-refractivity contribution in [2.75, 3.05) is 19.8 Å². The fraction of sp³-hybridized carbons (Fsp3) is 0.368. The number of benzene rings is 2. The molecule has 26 heavy (non-hydrogen) atoms. The molecule has 0 bridgehead atoms. The van der Waals surface area contributed by atoms with Crippen LogP contribution >= 0.6 is 11.6 Å². The first-order valence-electron chi connectivity index (χ1n) is 8.45. The molecule has 0 saturated carbocycles. The number of aliphatic hydroxyl groups excluding tert-OH is 1. The monoisotopic (exact) mass is 395 g/mol. The minimum absolute atomic E-state index is 0.130. The lowest BCUT2D eigenvalue weighted by Gasteiger charge is -2.38. The van der Waals surface area contributed by atoms with Gasteiger partial charge in [-0.3, -0.25) is 0 Å². The predicted molar refractivity (Wildman–Crippen MR) is 101 cm³/mol. The summed E-state index contributed by atoms with van der Waals surface area (Å²) in [6.45, 7) is 2.06. The quantitative estimate of drug-likeness (QED) is 0.845. The second kappa shape index (κ2) is 8.06. The number of ether oxygens (including phenoxy) is 1. The number of sulfonamides is 1. The van der Waals surface area contributed by atoms with Crippen LogP contribution in [0, 0.1) is 6.92 Å². The van der Waals surface area contributed by atoms with Crippen molar-refractivity contribution in [2.45, 2.75) is 30.4 Å². The molecule has 3 rings (SSSR count). The molecule has 0 radical (unpaired) electrons. The molecule has 0 aliphatic carbocycles. The van der Waals surface area contributed by atoms with E-state index in [2.05, 4.69) is 0 Å². The molecule has 1 unspecified atom stereocenters. The van der Waals surface area contributed by atoms with Gasteiger partial charge < -0.3 is 9.84 Å². The number of aliphatic hydroxyl groups is 1. The Kier molecular flexibility index (Phi) is 5.99. The Morgan fingerprint density at radius 3 is 2.42 bits per heavy atom. The Bertz CT molecular complexity index is 837. The van der Waals surface area contributed by atoms with E-state index in [-0.39, 0.29) is 30.7 Å². The molecule has 2 aromatic rings. The minimum Gasteiger partial charge on any atom is -0.394 e. The molecular weight excluding hydrogens is 374 g/mol. The molecule has 2 atom stereocenters. The number of rotatable bonds is 5. The van der Waals surface area contributed by atoms with Gasteiger partial charge in [-0.2, -0.15) is 4.31 Å². The minimum atomic E-state index is -3.68. The van der Waals surface area contributed by atoms with Crippen LogP contribution in [-0.2, 0) is 21.2 Å². The molecule has 0 spiro atoms. The van der Waals surface area contributed by atoms with Gasteiger partial charge in [0.25, 0.3) is 0 Å². The first-order valence-corrected chi connectivity index (χ1v) is 10.3. The van der Waals surface area contributed by atoms with Gasteiger partial charge in [0.05, 0.1) is 30.3 Å². The summed E-state index contributed by atoms with van der Waals surface area (Å²) in [5.74, 6) is 0. The third-order valence-corrected chi connectivity index (χ3v) is 6.72. The molecule has 1 heterocycles. The third kappa shape index (κ3) is 4.27. The fourth-order valence-corrected chi connectivity index (χ4v) is 4.80. The number of nitrogens with zero attached hydrogens (tertiary/aromatic N) is 1. The van der Waals surface area contributed by atoms with Crippen molar-refractivity contribution in [1.82, 2.24) is 4.31 Å². The predicted octanol–water partition coefficient (Wildman–Crippen LogP) is 2.64. The Morgan fingerprint density at radius 1 is 1.15 bits per heavy atom. The van der Waals surface area contributed by atoms with E-state index in [4.69, 9.17) is 16.3 Å². The molecule has 1 fully saturated rings. The van der Waals surface area contributed by atoms with E-state index in [9.17, 15) is 13.5 Å². The summed E-state index contributed by atoms with van der Waals surface area (Å²) < 4.78 is 33.5. The van der Waals surface area contributed by atoms with Crippen molar-refractivity contribution in [3.05, 3.63) is 64.7 Å². The highest BCUT2D eigenvalue weighted by Crippen LogP contribution is 2.25. The molecule has 5 nitrogen and oxygen atoms in total. The first kappa shape index (κ1) is 19.3. The number of morpholine rings is 1. The number of halogens is 1. The van der Waals surface area contributed by atoms with Gasteiger partial charge in [0.1, 0.15) is 0 Å². The second-order valence-electron chi connectivity index (χ2n) is 6.51. The largest absolute Gasteiger partial charge is 0.394 e. The highest BCUT2D eigenvalue weighted by Gasteiger charge is 2.37. The highest BCUT2D eigenvalue weighted by atomic mass is 35.5. The van der Waals surface area contributed by atoms with Crippen molar-refractivity contribution in [3.63, 3.8) is 0 Å². The molecule has 0 amide bonds. The average Bonchev–Trinajstić information content (AvgIpc) is 2.64. The van der Waals surface area contributed by atoms with Crippen molar-refractivity contribution >= 4 is 21.6 Å². The topological polar surface area (TPSA) is 66.8 Å². The van der Waals surface area contributed by atoms with Crippen molar-refractivity contribution in [3.8, 4) is 0 Å². The van der Waals surface area contributed by atoms with Crippen LogP contribution in [0.4, 0.5) is 0 Å². The van der Waals surface area contributed by atoms with Crippen LogP contribution in [0.5, 0.6) is 0 Å². The third-order valence-electron chi connectivity index (χ3n) is 4.53. The Hall–Kier alpha value is -1.44. The molecule has 1 aliphatic rings. The van der Waals surface area contributed by atoms with E-state index in [1.54, 1.807) is 36.4 Å². The smallest absolute Gasteiger partial charge is 0.243 e. The van der Waals surface area contributed by atoms with Crippen molar-refractivity contribution in [1.29, 1.82) is 0 Å². The number of hydrogen-bond donors (Lipinski definition) is 1. The SMILES string of the molecule is Cc1ccc(S(=O)(=O)N2C[C@H](CO)OCC2Cc2ccc(Cl)cc2)cc1. The maximum absolute atomic E-state index is 13.2. The van der Waals surface area contributed by atoms with Gasteiger partial charge in [0.15, 0.2) is 0 Å². The van der Waals surface area contributed by atoms with Gasteiger partial charge in [-0.05, 0) is 43.2 Å². The van der Waals surface area contributed by atoms with Crippen molar-refractivity contribution < 1.29 is 18.3 Å². The van der Waals surface area contributed by atoms with E-state index in [0.717, 1.165) is 11.1 Å². The Labute approximate surface area is 159 Å². The van der Waals surface area contributed by atoms with Crippen LogP contribution in [0.25, 0.3) is 0 Å². The van der Waals surface area contributed by atoms with Gasteiger partial charge in [-0.1, -0.05) is 41.4 Å². The maximum atomic E-state index is 13.2. The van der Waals surface area contributed by atoms with Crippen LogP contribution in [0.1, 0.15) is 11.1 Å². The zero-order valence-electron chi connectivity index (χ0n) is 14.5. The molecule has 1 saturated heterocycles. The highest BCUT2D eigenvalue weighted by molar-refractivity contribution is 7.89.